The maximum Gasteiger partial charge on any atom is 0.275 e. The smallest absolute Gasteiger partial charge is 0.275 e. The van der Waals surface area contributed by atoms with Gasteiger partial charge in [-0.1, -0.05) is 25.0 Å². The van der Waals surface area contributed by atoms with Crippen molar-refractivity contribution in [3.05, 3.63) is 40.3 Å². The molecule has 3 N–H and O–H groups in total. The van der Waals surface area contributed by atoms with Crippen molar-refractivity contribution in [1.29, 1.82) is 0 Å². The second-order valence-corrected chi connectivity index (χ2v) is 7.92. The third kappa shape index (κ3) is 4.34. The van der Waals surface area contributed by atoms with Gasteiger partial charge in [-0.05, 0) is 31.5 Å². The Labute approximate surface area is 144 Å². The second kappa shape index (κ2) is 7.95. The molecule has 1 amide bonds. The van der Waals surface area contributed by atoms with E-state index in [0.29, 0.717) is 23.9 Å². The number of hydrogen-bond acceptors (Lipinski definition) is 5. The maximum atomic E-state index is 12.4. The molecule has 2 aromatic rings. The first-order chi connectivity index (χ1) is 11.3. The minimum Gasteiger partial charge on any atom is -0.330 e. The first-order valence-electron chi connectivity index (χ1n) is 7.98. The zero-order valence-electron chi connectivity index (χ0n) is 13.0. The van der Waals surface area contributed by atoms with E-state index in [1.807, 2.05) is 30.0 Å². The molecule has 0 radical (unpaired) electrons. The van der Waals surface area contributed by atoms with E-state index in [9.17, 15) is 4.79 Å². The van der Waals surface area contributed by atoms with Gasteiger partial charge in [0.1, 0.15) is 5.69 Å². The number of nitrogens with one attached hydrogen (secondary N) is 1. The number of nitrogens with two attached hydrogens (primary N) is 1. The van der Waals surface area contributed by atoms with Gasteiger partial charge in [-0.25, -0.2) is 4.98 Å². The highest BCUT2D eigenvalue weighted by molar-refractivity contribution is 8.00. The van der Waals surface area contributed by atoms with Crippen LogP contribution in [0, 0.1) is 0 Å². The molecule has 0 saturated heterocycles. The van der Waals surface area contributed by atoms with Crippen molar-refractivity contribution in [2.45, 2.75) is 42.2 Å². The molecule has 6 heteroatoms. The van der Waals surface area contributed by atoms with Gasteiger partial charge in [-0.2, -0.15) is 0 Å². The van der Waals surface area contributed by atoms with Crippen molar-refractivity contribution in [3.63, 3.8) is 0 Å². The first-order valence-corrected chi connectivity index (χ1v) is 9.73. The number of carbonyl (C=O) groups is 1. The van der Waals surface area contributed by atoms with Crippen LogP contribution >= 0.6 is 23.1 Å². The van der Waals surface area contributed by atoms with E-state index >= 15 is 0 Å². The number of aromatic nitrogens is 1. The van der Waals surface area contributed by atoms with E-state index in [1.165, 1.54) is 37.0 Å². The van der Waals surface area contributed by atoms with Gasteiger partial charge in [-0.3, -0.25) is 4.79 Å². The van der Waals surface area contributed by atoms with Crippen molar-refractivity contribution in [2.75, 3.05) is 11.9 Å². The Morgan fingerprint density at radius 1 is 1.35 bits per heavy atom. The van der Waals surface area contributed by atoms with Crippen LogP contribution in [-0.4, -0.2) is 22.7 Å². The lowest BCUT2D eigenvalue weighted by molar-refractivity contribution is 0.102. The van der Waals surface area contributed by atoms with E-state index in [2.05, 4.69) is 16.4 Å². The first kappa shape index (κ1) is 16.5. The van der Waals surface area contributed by atoms with Crippen LogP contribution in [0.1, 0.15) is 41.2 Å². The van der Waals surface area contributed by atoms with E-state index in [0.717, 1.165) is 15.6 Å². The molecule has 0 spiro atoms. The molecule has 1 heterocycles. The van der Waals surface area contributed by atoms with Crippen LogP contribution in [0.3, 0.4) is 0 Å². The number of anilines is 1. The summed E-state index contributed by atoms with van der Waals surface area (Å²) in [6.45, 7) is 0.551. The Balaban J connectivity index is 1.69. The summed E-state index contributed by atoms with van der Waals surface area (Å²) in [5.41, 5.74) is 6.88. The molecule has 1 saturated carbocycles. The summed E-state index contributed by atoms with van der Waals surface area (Å²) in [6, 6.07) is 8.02. The molecule has 23 heavy (non-hydrogen) atoms. The zero-order chi connectivity index (χ0) is 16.1. The summed E-state index contributed by atoms with van der Waals surface area (Å²) in [7, 11) is 0. The molecule has 1 aliphatic rings. The van der Waals surface area contributed by atoms with Crippen LogP contribution in [0.15, 0.2) is 34.5 Å². The van der Waals surface area contributed by atoms with Gasteiger partial charge in [0.25, 0.3) is 5.91 Å². The average molecular weight is 348 g/mol. The van der Waals surface area contributed by atoms with Crippen molar-refractivity contribution >= 4 is 34.7 Å². The minimum atomic E-state index is -0.149. The monoisotopic (exact) mass is 347 g/mol. The number of hydrogen-bond donors (Lipinski definition) is 2. The third-order valence-electron chi connectivity index (χ3n) is 3.87. The molecule has 0 bridgehead atoms. The minimum absolute atomic E-state index is 0.149. The molecular weight excluding hydrogens is 326 g/mol. The number of rotatable bonds is 6. The molecule has 1 aromatic heterocycles. The Morgan fingerprint density at radius 3 is 2.91 bits per heavy atom. The van der Waals surface area contributed by atoms with Crippen LogP contribution in [0.25, 0.3) is 0 Å². The molecule has 1 fully saturated rings. The van der Waals surface area contributed by atoms with Gasteiger partial charge in [0.05, 0.1) is 10.7 Å². The summed E-state index contributed by atoms with van der Waals surface area (Å²) in [5.74, 6) is -0.149. The van der Waals surface area contributed by atoms with Crippen LogP contribution in [0.5, 0.6) is 0 Å². The Morgan fingerprint density at radius 2 is 2.13 bits per heavy atom. The highest BCUT2D eigenvalue weighted by atomic mass is 32.2. The van der Waals surface area contributed by atoms with Gasteiger partial charge in [0.2, 0.25) is 0 Å². The molecule has 1 aromatic carbocycles. The molecule has 3 rings (SSSR count). The zero-order valence-corrected chi connectivity index (χ0v) is 14.6. The Kier molecular flexibility index (Phi) is 5.70. The molecule has 4 nitrogen and oxygen atoms in total. The van der Waals surface area contributed by atoms with Crippen LogP contribution in [-0.2, 0) is 6.42 Å². The van der Waals surface area contributed by atoms with Crippen LogP contribution in [0.2, 0.25) is 0 Å². The van der Waals surface area contributed by atoms with Crippen LogP contribution in [0.4, 0.5) is 5.69 Å². The lowest BCUT2D eigenvalue weighted by atomic mass is 10.3. The molecule has 0 aliphatic heterocycles. The third-order valence-corrected chi connectivity index (χ3v) is 6.20. The molecular formula is C17H21N3OS2. The number of para-hydroxylation sites is 1. The number of amides is 1. The summed E-state index contributed by atoms with van der Waals surface area (Å²) in [4.78, 5) is 17.9. The van der Waals surface area contributed by atoms with E-state index in [-0.39, 0.29) is 5.91 Å². The standard InChI is InChI=1S/C17H21N3OS2/c18-10-9-16-19-14(11-22-16)17(21)20-13-7-3-4-8-15(13)23-12-5-1-2-6-12/h3-4,7-8,11-12H,1-2,5-6,9-10,18H2,(H,20,21). The Hall–Kier alpha value is -1.37. The summed E-state index contributed by atoms with van der Waals surface area (Å²) < 4.78 is 0. The summed E-state index contributed by atoms with van der Waals surface area (Å²) in [5, 5.41) is 6.39. The van der Waals surface area contributed by atoms with Gasteiger partial charge in [0, 0.05) is 21.9 Å². The number of nitrogens with zero attached hydrogens (tertiary/aromatic N) is 1. The SMILES string of the molecule is NCCc1nc(C(=O)Nc2ccccc2SC2CCCC2)cs1. The van der Waals surface area contributed by atoms with Crippen molar-refractivity contribution in [3.8, 4) is 0 Å². The molecule has 0 unspecified atom stereocenters. The lowest BCUT2D eigenvalue weighted by Gasteiger charge is -2.13. The van der Waals surface area contributed by atoms with E-state index in [4.69, 9.17) is 5.73 Å². The molecule has 122 valence electrons. The number of thioether (sulfide) groups is 1. The summed E-state index contributed by atoms with van der Waals surface area (Å²) >= 11 is 3.37. The van der Waals surface area contributed by atoms with E-state index < -0.39 is 0 Å². The van der Waals surface area contributed by atoms with Crippen LogP contribution < -0.4 is 11.1 Å². The van der Waals surface area contributed by atoms with Crippen molar-refractivity contribution < 1.29 is 4.79 Å². The number of thiazole rings is 1. The number of carbonyl (C=O) groups excluding carboxylic acids is 1. The normalized spacial score (nSPS) is 15.0. The fourth-order valence-corrected chi connectivity index (χ4v) is 4.82. The summed E-state index contributed by atoms with van der Waals surface area (Å²) in [6.07, 6.45) is 5.87. The average Bonchev–Trinajstić information content (AvgIpc) is 3.21. The second-order valence-electron chi connectivity index (χ2n) is 5.64. The molecule has 0 atom stereocenters. The highest BCUT2D eigenvalue weighted by Gasteiger charge is 2.19. The topological polar surface area (TPSA) is 68.0 Å². The van der Waals surface area contributed by atoms with Crippen molar-refractivity contribution in [1.82, 2.24) is 4.98 Å². The lowest BCUT2D eigenvalue weighted by Crippen LogP contribution is -2.13. The quantitative estimate of drug-likeness (QED) is 0.831. The fourth-order valence-electron chi connectivity index (χ4n) is 2.70. The number of benzene rings is 1. The van der Waals surface area contributed by atoms with Crippen molar-refractivity contribution in [2.24, 2.45) is 5.73 Å². The van der Waals surface area contributed by atoms with Gasteiger partial charge in [0.15, 0.2) is 0 Å². The van der Waals surface area contributed by atoms with E-state index in [1.54, 1.807) is 5.38 Å². The highest BCUT2D eigenvalue weighted by Crippen LogP contribution is 2.38. The van der Waals surface area contributed by atoms with Gasteiger partial charge >= 0.3 is 0 Å². The largest absolute Gasteiger partial charge is 0.330 e. The predicted molar refractivity (Wildman–Crippen MR) is 97.4 cm³/mol. The molecule has 1 aliphatic carbocycles. The fraction of sp³-hybridized carbons (Fsp3) is 0.412. The maximum absolute atomic E-state index is 12.4. The van der Waals surface area contributed by atoms with Gasteiger partial charge in [-0.15, -0.1) is 23.1 Å². The Bertz CT molecular complexity index is 665. The predicted octanol–water partition coefficient (Wildman–Crippen LogP) is 3.93. The van der Waals surface area contributed by atoms with Gasteiger partial charge < -0.3 is 11.1 Å².